The number of carbonyl (C=O) groups excluding carboxylic acids is 1. The zero-order valence-corrected chi connectivity index (χ0v) is 33.6. The van der Waals surface area contributed by atoms with Crippen LogP contribution in [0.1, 0.15) is 155 Å². The van der Waals surface area contributed by atoms with Crippen LogP contribution in [0.25, 0.3) is 0 Å². The standard InChI is InChI=1S/C40H77N2O7P/c1-6-8-10-12-14-16-18-20-21-23-25-27-29-31-33-39(44)41-37(36-49-50(46,47)48-35-34-42(3,4)5)40(45)38(43)32-30-28-26-24-22-19-17-15-13-11-9-7-2/h7,9,15,17,24,26,37-38,40,43,45H,6,8,10-14,16,18-23,25,27-36H2,1-5H3,(H-,41,44,46,47)/b9-7+,17-15+,26-24+. The summed E-state index contributed by atoms with van der Waals surface area (Å²) in [5.41, 5.74) is 0. The lowest BCUT2D eigenvalue weighted by Crippen LogP contribution is -2.51. The van der Waals surface area contributed by atoms with Crippen LogP contribution < -0.4 is 10.2 Å². The predicted octanol–water partition coefficient (Wildman–Crippen LogP) is 8.69. The molecule has 9 nitrogen and oxygen atoms in total. The number of nitrogens with zero attached hydrogens (tertiary/aromatic N) is 1. The average Bonchev–Trinajstić information content (AvgIpc) is 3.06. The van der Waals surface area contributed by atoms with Gasteiger partial charge in [0.2, 0.25) is 5.91 Å². The van der Waals surface area contributed by atoms with Gasteiger partial charge in [-0.05, 0) is 58.3 Å². The smallest absolute Gasteiger partial charge is 0.268 e. The first-order valence-electron chi connectivity index (χ1n) is 19.9. The minimum Gasteiger partial charge on any atom is -0.756 e. The molecule has 4 unspecified atom stereocenters. The van der Waals surface area contributed by atoms with Gasteiger partial charge in [0.25, 0.3) is 7.82 Å². The van der Waals surface area contributed by atoms with Crippen molar-refractivity contribution in [1.82, 2.24) is 5.32 Å². The molecule has 0 saturated carbocycles. The summed E-state index contributed by atoms with van der Waals surface area (Å²) in [6.45, 7) is 4.17. The van der Waals surface area contributed by atoms with Crippen molar-refractivity contribution in [3.05, 3.63) is 36.5 Å². The van der Waals surface area contributed by atoms with Gasteiger partial charge in [-0.3, -0.25) is 9.36 Å². The number of hydrogen-bond donors (Lipinski definition) is 3. The van der Waals surface area contributed by atoms with Crippen LogP contribution in [0.4, 0.5) is 0 Å². The normalized spacial score (nSPS) is 15.6. The molecule has 0 fully saturated rings. The van der Waals surface area contributed by atoms with E-state index in [1.807, 2.05) is 28.1 Å². The number of nitrogens with one attached hydrogen (secondary N) is 1. The number of unbranched alkanes of at least 4 members (excludes halogenated alkanes) is 16. The lowest BCUT2D eigenvalue weighted by Gasteiger charge is -2.31. The molecule has 1 amide bonds. The number of phosphoric acid groups is 1. The second kappa shape index (κ2) is 32.3. The predicted molar refractivity (Wildman–Crippen MR) is 207 cm³/mol. The van der Waals surface area contributed by atoms with E-state index in [0.29, 0.717) is 30.3 Å². The molecule has 0 aliphatic rings. The number of likely N-dealkylation sites (N-methyl/N-ethyl adjacent to an activating group) is 1. The first-order chi connectivity index (χ1) is 23.9. The average molecular weight is 729 g/mol. The monoisotopic (exact) mass is 729 g/mol. The van der Waals surface area contributed by atoms with Gasteiger partial charge in [0.1, 0.15) is 19.3 Å². The molecule has 10 heteroatoms. The molecule has 0 bridgehead atoms. The molecule has 0 radical (unpaired) electrons. The molecular formula is C40H77N2O7P. The van der Waals surface area contributed by atoms with Gasteiger partial charge in [0, 0.05) is 6.42 Å². The second-order valence-corrected chi connectivity index (χ2v) is 16.2. The lowest BCUT2D eigenvalue weighted by molar-refractivity contribution is -0.870. The van der Waals surface area contributed by atoms with Gasteiger partial charge in [-0.25, -0.2) is 0 Å². The maximum Gasteiger partial charge on any atom is 0.268 e. The van der Waals surface area contributed by atoms with Gasteiger partial charge in [0.15, 0.2) is 0 Å². The van der Waals surface area contributed by atoms with E-state index in [9.17, 15) is 24.5 Å². The van der Waals surface area contributed by atoms with Crippen LogP contribution >= 0.6 is 7.82 Å². The minimum absolute atomic E-state index is 0.0496. The summed E-state index contributed by atoms with van der Waals surface area (Å²) in [6.07, 6.45) is 33.4. The number of allylic oxidation sites excluding steroid dienone is 6. The zero-order chi connectivity index (χ0) is 37.4. The Labute approximate surface area is 307 Å². The third kappa shape index (κ3) is 32.6. The van der Waals surface area contributed by atoms with E-state index in [1.165, 1.54) is 64.2 Å². The van der Waals surface area contributed by atoms with Crippen molar-refractivity contribution < 1.29 is 38.0 Å². The van der Waals surface area contributed by atoms with Gasteiger partial charge in [-0.1, -0.05) is 127 Å². The molecule has 0 aliphatic carbocycles. The fourth-order valence-electron chi connectivity index (χ4n) is 5.53. The topological polar surface area (TPSA) is 128 Å². The summed E-state index contributed by atoms with van der Waals surface area (Å²) in [7, 11) is 1.09. The Balaban J connectivity index is 4.64. The van der Waals surface area contributed by atoms with Crippen LogP contribution in [0.2, 0.25) is 0 Å². The Morgan fingerprint density at radius 1 is 0.740 bits per heavy atom. The number of quaternary nitrogens is 1. The molecule has 4 atom stereocenters. The van der Waals surface area contributed by atoms with E-state index in [0.717, 1.165) is 51.4 Å². The first kappa shape index (κ1) is 48.7. The highest BCUT2D eigenvalue weighted by molar-refractivity contribution is 7.45. The number of rotatable bonds is 35. The van der Waals surface area contributed by atoms with Gasteiger partial charge < -0.3 is 34.0 Å². The zero-order valence-electron chi connectivity index (χ0n) is 32.7. The highest BCUT2D eigenvalue weighted by Crippen LogP contribution is 2.38. The Hall–Kier alpha value is -1.32. The van der Waals surface area contributed by atoms with Crippen LogP contribution in [0, 0.1) is 0 Å². The molecule has 0 aromatic heterocycles. The maximum absolute atomic E-state index is 12.8. The van der Waals surface area contributed by atoms with Crippen LogP contribution in [-0.4, -0.2) is 79.8 Å². The number of carbonyl (C=O) groups is 1. The van der Waals surface area contributed by atoms with Crippen LogP contribution in [-0.2, 0) is 18.4 Å². The summed E-state index contributed by atoms with van der Waals surface area (Å²) in [6, 6.07) is -1.09. The lowest BCUT2D eigenvalue weighted by atomic mass is 10.0. The number of amides is 1. The number of hydrogen-bond acceptors (Lipinski definition) is 7. The van der Waals surface area contributed by atoms with Gasteiger partial charge in [0.05, 0.1) is 39.9 Å². The fourth-order valence-corrected chi connectivity index (χ4v) is 6.25. The van der Waals surface area contributed by atoms with E-state index in [4.69, 9.17) is 9.05 Å². The molecule has 0 spiro atoms. The van der Waals surface area contributed by atoms with E-state index in [2.05, 4.69) is 48.7 Å². The van der Waals surface area contributed by atoms with Crippen LogP contribution in [0.15, 0.2) is 36.5 Å². The van der Waals surface area contributed by atoms with E-state index in [-0.39, 0.29) is 18.9 Å². The molecule has 0 heterocycles. The van der Waals surface area contributed by atoms with E-state index >= 15 is 0 Å². The largest absolute Gasteiger partial charge is 0.756 e. The molecule has 0 saturated heterocycles. The molecule has 0 rings (SSSR count). The third-order valence-corrected chi connectivity index (χ3v) is 9.74. The Bertz CT molecular complexity index is 935. The number of aliphatic hydroxyl groups excluding tert-OH is 2. The third-order valence-electron chi connectivity index (χ3n) is 8.77. The van der Waals surface area contributed by atoms with Crippen LogP contribution in [0.5, 0.6) is 0 Å². The summed E-state index contributed by atoms with van der Waals surface area (Å²) < 4.78 is 23.0. The van der Waals surface area contributed by atoms with Crippen LogP contribution in [0.3, 0.4) is 0 Å². The Morgan fingerprint density at radius 2 is 1.22 bits per heavy atom. The summed E-state index contributed by atoms with van der Waals surface area (Å²) >= 11 is 0. The quantitative estimate of drug-likeness (QED) is 0.0258. The Kier molecular flexibility index (Phi) is 31.5. The van der Waals surface area contributed by atoms with E-state index < -0.39 is 32.7 Å². The highest BCUT2D eigenvalue weighted by atomic mass is 31.2. The van der Waals surface area contributed by atoms with Crippen molar-refractivity contribution in [3.8, 4) is 0 Å². The van der Waals surface area contributed by atoms with Gasteiger partial charge in [-0.2, -0.15) is 0 Å². The van der Waals surface area contributed by atoms with Crippen molar-refractivity contribution in [3.63, 3.8) is 0 Å². The molecule has 0 aromatic rings. The van der Waals surface area contributed by atoms with Crippen molar-refractivity contribution in [2.24, 2.45) is 0 Å². The molecule has 50 heavy (non-hydrogen) atoms. The molecule has 294 valence electrons. The summed E-state index contributed by atoms with van der Waals surface area (Å²) in [5.74, 6) is -0.297. The van der Waals surface area contributed by atoms with Crippen molar-refractivity contribution >= 4 is 13.7 Å². The molecule has 3 N–H and O–H groups in total. The minimum atomic E-state index is -4.67. The SMILES string of the molecule is C/C=C/CC/C=C/CC/C=C/CCCC(O)C(O)C(COP(=O)([O-])OCC[N+](C)(C)C)NC(=O)CCCCCCCCCCCCCCCC. The van der Waals surface area contributed by atoms with Crippen molar-refractivity contribution in [1.29, 1.82) is 0 Å². The molecular weight excluding hydrogens is 651 g/mol. The summed E-state index contributed by atoms with van der Waals surface area (Å²) in [4.78, 5) is 25.2. The Morgan fingerprint density at radius 3 is 1.72 bits per heavy atom. The van der Waals surface area contributed by atoms with Gasteiger partial charge in [-0.15, -0.1) is 0 Å². The maximum atomic E-state index is 12.8. The molecule has 0 aliphatic heterocycles. The van der Waals surface area contributed by atoms with Gasteiger partial charge >= 0.3 is 0 Å². The second-order valence-electron chi connectivity index (χ2n) is 14.8. The summed E-state index contributed by atoms with van der Waals surface area (Å²) in [5, 5.41) is 24.5. The van der Waals surface area contributed by atoms with Crippen molar-refractivity contribution in [2.45, 2.75) is 173 Å². The van der Waals surface area contributed by atoms with Crippen molar-refractivity contribution in [2.75, 3.05) is 40.9 Å². The molecule has 0 aromatic carbocycles. The number of phosphoric ester groups is 1. The number of aliphatic hydroxyl groups is 2. The fraction of sp³-hybridized carbons (Fsp3) is 0.825. The highest BCUT2D eigenvalue weighted by Gasteiger charge is 2.29. The first-order valence-corrected chi connectivity index (χ1v) is 21.3. The van der Waals surface area contributed by atoms with E-state index in [1.54, 1.807) is 0 Å².